The van der Waals surface area contributed by atoms with Gasteiger partial charge >= 0.3 is 0 Å². The molecule has 1 rings (SSSR count). The van der Waals surface area contributed by atoms with Crippen molar-refractivity contribution in [1.29, 1.82) is 5.41 Å². The summed E-state index contributed by atoms with van der Waals surface area (Å²) in [7, 11) is 0. The summed E-state index contributed by atoms with van der Waals surface area (Å²) < 4.78 is 0. The Labute approximate surface area is 74.0 Å². The van der Waals surface area contributed by atoms with E-state index in [0.717, 1.165) is 18.4 Å². The molecule has 12 heavy (non-hydrogen) atoms. The molecule has 0 bridgehead atoms. The molecule has 0 aromatic rings. The van der Waals surface area contributed by atoms with Crippen LogP contribution in [0.15, 0.2) is 34.9 Å². The van der Waals surface area contributed by atoms with Gasteiger partial charge in [-0.15, -0.1) is 0 Å². The van der Waals surface area contributed by atoms with Gasteiger partial charge in [0.25, 0.3) is 0 Å². The van der Waals surface area contributed by atoms with Crippen LogP contribution in [0.1, 0.15) is 26.7 Å². The zero-order valence-electron chi connectivity index (χ0n) is 7.72. The Morgan fingerprint density at radius 1 is 1.42 bits per heavy atom. The minimum absolute atomic E-state index is 1.05. The van der Waals surface area contributed by atoms with Gasteiger partial charge in [-0.2, -0.15) is 0 Å². The molecular formula is C11H15N. The zero-order valence-corrected chi connectivity index (χ0v) is 7.72. The minimum Gasteiger partial charge on any atom is -0.308 e. The molecule has 0 amide bonds. The highest BCUT2D eigenvalue weighted by atomic mass is 14.3. The molecule has 0 spiro atoms. The molecular weight excluding hydrogens is 146 g/mol. The lowest BCUT2D eigenvalue weighted by Gasteiger charge is -2.11. The third kappa shape index (κ3) is 1.94. The van der Waals surface area contributed by atoms with Crippen molar-refractivity contribution in [3.05, 3.63) is 34.9 Å². The lowest BCUT2D eigenvalue weighted by molar-refractivity contribution is 0.921. The van der Waals surface area contributed by atoms with E-state index in [1.54, 1.807) is 0 Å². The first-order chi connectivity index (χ1) is 5.77. The maximum absolute atomic E-state index is 7.19. The van der Waals surface area contributed by atoms with Crippen molar-refractivity contribution in [3.63, 3.8) is 0 Å². The van der Waals surface area contributed by atoms with Crippen LogP contribution >= 0.6 is 0 Å². The molecule has 0 aliphatic heterocycles. The maximum atomic E-state index is 7.19. The van der Waals surface area contributed by atoms with E-state index >= 15 is 0 Å². The van der Waals surface area contributed by atoms with Crippen molar-refractivity contribution in [1.82, 2.24) is 0 Å². The Morgan fingerprint density at radius 3 is 2.58 bits per heavy atom. The monoisotopic (exact) mass is 161 g/mol. The highest BCUT2D eigenvalue weighted by Gasteiger charge is 2.05. The van der Waals surface area contributed by atoms with E-state index in [2.05, 4.69) is 19.1 Å². The molecule has 1 nitrogen and oxygen atoms in total. The van der Waals surface area contributed by atoms with Crippen molar-refractivity contribution in [2.75, 3.05) is 0 Å². The third-order valence-corrected chi connectivity index (χ3v) is 2.20. The smallest absolute Gasteiger partial charge is 0.0249 e. The van der Waals surface area contributed by atoms with E-state index in [4.69, 9.17) is 5.41 Å². The summed E-state index contributed by atoms with van der Waals surface area (Å²) in [5.41, 5.74) is 3.77. The summed E-state index contributed by atoms with van der Waals surface area (Å²) in [6, 6.07) is 0. The Hall–Kier alpha value is -1.11. The predicted octanol–water partition coefficient (Wildman–Crippen LogP) is 3.25. The van der Waals surface area contributed by atoms with E-state index in [1.807, 2.05) is 13.0 Å². The number of nitrogens with one attached hydrogen (secondary N) is 1. The van der Waals surface area contributed by atoms with Crippen LogP contribution < -0.4 is 0 Å². The van der Waals surface area contributed by atoms with E-state index in [1.165, 1.54) is 17.4 Å². The molecule has 1 aliphatic carbocycles. The fourth-order valence-corrected chi connectivity index (χ4v) is 1.34. The number of rotatable bonds is 2. The summed E-state index contributed by atoms with van der Waals surface area (Å²) in [4.78, 5) is 0. The van der Waals surface area contributed by atoms with Gasteiger partial charge in [-0.25, -0.2) is 0 Å². The van der Waals surface area contributed by atoms with Crippen LogP contribution in [-0.2, 0) is 0 Å². The fourth-order valence-electron chi connectivity index (χ4n) is 1.34. The molecule has 0 saturated carbocycles. The standard InChI is InChI=1S/C11H15N/c1-3-10(8-12)11-6-4-9(2)5-7-11/h3-4,6,8,12H,5,7H2,1-2H3/b10-3+,12-8?. The van der Waals surface area contributed by atoms with Crippen molar-refractivity contribution < 1.29 is 0 Å². The van der Waals surface area contributed by atoms with Gasteiger partial charge in [0.15, 0.2) is 0 Å². The lowest BCUT2D eigenvalue weighted by Crippen LogP contribution is -1.95. The first-order valence-electron chi connectivity index (χ1n) is 4.31. The van der Waals surface area contributed by atoms with Crippen LogP contribution in [0.5, 0.6) is 0 Å². The average Bonchev–Trinajstić information content (AvgIpc) is 2.10. The van der Waals surface area contributed by atoms with E-state index < -0.39 is 0 Å². The van der Waals surface area contributed by atoms with E-state index in [-0.39, 0.29) is 0 Å². The Morgan fingerprint density at radius 2 is 2.17 bits per heavy atom. The summed E-state index contributed by atoms with van der Waals surface area (Å²) in [5, 5.41) is 7.19. The van der Waals surface area contributed by atoms with Gasteiger partial charge in [0.05, 0.1) is 0 Å². The van der Waals surface area contributed by atoms with Gasteiger partial charge in [-0.05, 0) is 37.8 Å². The lowest BCUT2D eigenvalue weighted by atomic mass is 9.94. The normalized spacial score (nSPS) is 18.3. The average molecular weight is 161 g/mol. The Kier molecular flexibility index (Phi) is 3.03. The molecule has 1 N–H and O–H groups in total. The molecule has 1 aliphatic rings. The first-order valence-corrected chi connectivity index (χ1v) is 4.31. The second kappa shape index (κ2) is 4.05. The number of hydrogen-bond acceptors (Lipinski definition) is 1. The molecule has 0 saturated heterocycles. The molecule has 0 fully saturated rings. The van der Waals surface area contributed by atoms with Gasteiger partial charge in [0.2, 0.25) is 0 Å². The maximum Gasteiger partial charge on any atom is 0.0249 e. The molecule has 0 radical (unpaired) electrons. The zero-order chi connectivity index (χ0) is 8.97. The van der Waals surface area contributed by atoms with Gasteiger partial charge in [0, 0.05) is 6.21 Å². The second-order valence-corrected chi connectivity index (χ2v) is 3.09. The SMILES string of the molecule is C/C=C(\C=N)C1=CC=C(C)CC1. The summed E-state index contributed by atoms with van der Waals surface area (Å²) in [5.74, 6) is 0. The third-order valence-electron chi connectivity index (χ3n) is 2.20. The first kappa shape index (κ1) is 8.98. The van der Waals surface area contributed by atoms with Crippen LogP contribution in [0.2, 0.25) is 0 Å². The number of hydrogen-bond donors (Lipinski definition) is 1. The largest absolute Gasteiger partial charge is 0.308 e. The summed E-state index contributed by atoms with van der Waals surface area (Å²) in [6.07, 6.45) is 9.91. The molecule has 0 aromatic carbocycles. The van der Waals surface area contributed by atoms with Gasteiger partial charge < -0.3 is 5.41 Å². The molecule has 64 valence electrons. The van der Waals surface area contributed by atoms with Gasteiger partial charge in [0.1, 0.15) is 0 Å². The molecule has 1 heteroatoms. The van der Waals surface area contributed by atoms with Crippen LogP contribution in [0, 0.1) is 5.41 Å². The van der Waals surface area contributed by atoms with Crippen molar-refractivity contribution in [3.8, 4) is 0 Å². The molecule has 0 atom stereocenters. The van der Waals surface area contributed by atoms with Crippen LogP contribution in [0.4, 0.5) is 0 Å². The van der Waals surface area contributed by atoms with Crippen molar-refractivity contribution in [2.24, 2.45) is 0 Å². The predicted molar refractivity (Wildman–Crippen MR) is 53.6 cm³/mol. The highest BCUT2D eigenvalue weighted by Crippen LogP contribution is 2.22. The second-order valence-electron chi connectivity index (χ2n) is 3.09. The molecule has 0 heterocycles. The molecule has 0 unspecified atom stereocenters. The Balaban J connectivity index is 2.84. The van der Waals surface area contributed by atoms with Gasteiger partial charge in [-0.1, -0.05) is 23.8 Å². The number of allylic oxidation sites excluding steroid dienone is 6. The fraction of sp³-hybridized carbons (Fsp3) is 0.364. The quantitative estimate of drug-likeness (QED) is 0.601. The molecule has 0 aromatic heterocycles. The summed E-state index contributed by atoms with van der Waals surface area (Å²) >= 11 is 0. The van der Waals surface area contributed by atoms with Crippen molar-refractivity contribution >= 4 is 6.21 Å². The van der Waals surface area contributed by atoms with Crippen LogP contribution in [-0.4, -0.2) is 6.21 Å². The van der Waals surface area contributed by atoms with E-state index in [0.29, 0.717) is 0 Å². The van der Waals surface area contributed by atoms with Gasteiger partial charge in [-0.3, -0.25) is 0 Å². The van der Waals surface area contributed by atoms with Crippen LogP contribution in [0.25, 0.3) is 0 Å². The minimum atomic E-state index is 1.05. The van der Waals surface area contributed by atoms with E-state index in [9.17, 15) is 0 Å². The highest BCUT2D eigenvalue weighted by molar-refractivity contribution is 5.82. The van der Waals surface area contributed by atoms with Crippen LogP contribution in [0.3, 0.4) is 0 Å². The Bertz CT molecular complexity index is 267. The summed E-state index contributed by atoms with van der Waals surface area (Å²) in [6.45, 7) is 4.12. The topological polar surface area (TPSA) is 23.9 Å². The van der Waals surface area contributed by atoms with Crippen molar-refractivity contribution in [2.45, 2.75) is 26.7 Å².